The Labute approximate surface area is 146 Å². The van der Waals surface area contributed by atoms with Gasteiger partial charge >= 0.3 is 0 Å². The Morgan fingerprint density at radius 2 is 1.96 bits per heavy atom. The molecule has 1 aromatic rings. The van der Waals surface area contributed by atoms with E-state index in [9.17, 15) is 0 Å². The average Bonchev–Trinajstić information content (AvgIpc) is 2.60. The highest BCUT2D eigenvalue weighted by atomic mass is 16.5. The maximum atomic E-state index is 6.01. The summed E-state index contributed by atoms with van der Waals surface area (Å²) in [4.78, 5) is 5.07. The number of benzene rings is 1. The van der Waals surface area contributed by atoms with E-state index in [-0.39, 0.29) is 0 Å². The van der Waals surface area contributed by atoms with Crippen LogP contribution in [0.25, 0.3) is 0 Å². The first kappa shape index (κ1) is 17.7. The Kier molecular flexibility index (Phi) is 6.14. The summed E-state index contributed by atoms with van der Waals surface area (Å²) in [5.74, 6) is 1.08. The van der Waals surface area contributed by atoms with E-state index in [4.69, 9.17) is 9.47 Å². The van der Waals surface area contributed by atoms with Gasteiger partial charge in [-0.25, -0.2) is 0 Å². The quantitative estimate of drug-likeness (QED) is 0.798. The minimum atomic E-state index is 0.491. The van der Waals surface area contributed by atoms with Crippen molar-refractivity contribution in [2.24, 2.45) is 0 Å². The number of hydrogen-bond acceptors (Lipinski definition) is 4. The lowest BCUT2D eigenvalue weighted by molar-refractivity contribution is 0.0338. The standard InChI is InChI=1S/C20H32N2O2/c1-4-7-22-8-6-17-13-18(15-21-9-11-23-12-10-21)20(24-5-2)14-19(17)16(22)3/h13-14,16H,4-12,15H2,1-3H3. The van der Waals surface area contributed by atoms with Crippen LogP contribution in [0.2, 0.25) is 0 Å². The third kappa shape index (κ3) is 3.93. The van der Waals surface area contributed by atoms with Crippen LogP contribution in [0.3, 0.4) is 0 Å². The van der Waals surface area contributed by atoms with Gasteiger partial charge in [0.2, 0.25) is 0 Å². The van der Waals surface area contributed by atoms with Gasteiger partial charge in [0, 0.05) is 37.8 Å². The fourth-order valence-electron chi connectivity index (χ4n) is 3.96. The van der Waals surface area contributed by atoms with Crippen LogP contribution in [0.5, 0.6) is 5.75 Å². The van der Waals surface area contributed by atoms with E-state index in [1.54, 1.807) is 0 Å². The summed E-state index contributed by atoms with van der Waals surface area (Å²) in [7, 11) is 0. The Balaban J connectivity index is 1.84. The molecule has 0 bridgehead atoms. The minimum absolute atomic E-state index is 0.491. The fraction of sp³-hybridized carbons (Fsp3) is 0.700. The maximum Gasteiger partial charge on any atom is 0.124 e. The molecule has 24 heavy (non-hydrogen) atoms. The summed E-state index contributed by atoms with van der Waals surface area (Å²) in [6.07, 6.45) is 2.37. The van der Waals surface area contributed by atoms with Crippen LogP contribution in [0.1, 0.15) is 49.9 Å². The molecule has 134 valence electrons. The monoisotopic (exact) mass is 332 g/mol. The number of nitrogens with zero attached hydrogens (tertiary/aromatic N) is 2. The first-order chi connectivity index (χ1) is 11.7. The molecular formula is C20H32N2O2. The van der Waals surface area contributed by atoms with Crippen molar-refractivity contribution in [1.82, 2.24) is 9.80 Å². The number of rotatable bonds is 6. The van der Waals surface area contributed by atoms with Crippen LogP contribution in [0, 0.1) is 0 Å². The molecule has 0 saturated carbocycles. The van der Waals surface area contributed by atoms with E-state index in [2.05, 4.69) is 42.7 Å². The van der Waals surface area contributed by atoms with Gasteiger partial charge in [-0.1, -0.05) is 13.0 Å². The van der Waals surface area contributed by atoms with Crippen LogP contribution in [0.15, 0.2) is 12.1 Å². The van der Waals surface area contributed by atoms with Crippen LogP contribution >= 0.6 is 0 Å². The molecular weight excluding hydrogens is 300 g/mol. The first-order valence-electron chi connectivity index (χ1n) is 9.55. The van der Waals surface area contributed by atoms with Crippen molar-refractivity contribution >= 4 is 0 Å². The van der Waals surface area contributed by atoms with Gasteiger partial charge in [-0.15, -0.1) is 0 Å². The van der Waals surface area contributed by atoms with Crippen molar-refractivity contribution in [3.63, 3.8) is 0 Å². The van der Waals surface area contributed by atoms with Crippen molar-refractivity contribution in [3.05, 3.63) is 28.8 Å². The highest BCUT2D eigenvalue weighted by Gasteiger charge is 2.25. The molecule has 4 nitrogen and oxygen atoms in total. The lowest BCUT2D eigenvalue weighted by Crippen LogP contribution is -2.36. The SMILES string of the molecule is CCCN1CCc2cc(CN3CCOCC3)c(OCC)cc2C1C. The number of fused-ring (bicyclic) bond motifs is 1. The van der Waals surface area contributed by atoms with E-state index < -0.39 is 0 Å². The topological polar surface area (TPSA) is 24.9 Å². The predicted octanol–water partition coefficient (Wildman–Crippen LogP) is 3.25. The highest BCUT2D eigenvalue weighted by molar-refractivity contribution is 5.45. The van der Waals surface area contributed by atoms with E-state index >= 15 is 0 Å². The molecule has 2 aliphatic rings. The molecule has 0 spiro atoms. The zero-order chi connectivity index (χ0) is 16.9. The third-order valence-electron chi connectivity index (χ3n) is 5.30. The van der Waals surface area contributed by atoms with Gasteiger partial charge in [0.05, 0.1) is 19.8 Å². The largest absolute Gasteiger partial charge is 0.494 e. The van der Waals surface area contributed by atoms with Crippen LogP contribution in [-0.2, 0) is 17.7 Å². The van der Waals surface area contributed by atoms with Crippen LogP contribution in [-0.4, -0.2) is 55.8 Å². The Morgan fingerprint density at radius 3 is 2.67 bits per heavy atom. The van der Waals surface area contributed by atoms with Crippen molar-refractivity contribution in [2.75, 3.05) is 46.0 Å². The zero-order valence-electron chi connectivity index (χ0n) is 15.5. The first-order valence-corrected chi connectivity index (χ1v) is 9.55. The smallest absolute Gasteiger partial charge is 0.124 e. The third-order valence-corrected chi connectivity index (χ3v) is 5.30. The molecule has 0 N–H and O–H groups in total. The second kappa shape index (κ2) is 8.32. The van der Waals surface area contributed by atoms with Crippen molar-refractivity contribution < 1.29 is 9.47 Å². The summed E-state index contributed by atoms with van der Waals surface area (Å²) in [5, 5.41) is 0. The molecule has 2 aliphatic heterocycles. The second-order valence-corrected chi connectivity index (χ2v) is 6.94. The molecule has 3 rings (SSSR count). The van der Waals surface area contributed by atoms with Crippen molar-refractivity contribution in [1.29, 1.82) is 0 Å². The van der Waals surface area contributed by atoms with Crippen molar-refractivity contribution in [2.45, 2.75) is 46.2 Å². The van der Waals surface area contributed by atoms with Gasteiger partial charge in [-0.3, -0.25) is 9.80 Å². The molecule has 0 amide bonds. The van der Waals surface area contributed by atoms with E-state index in [1.165, 1.54) is 36.2 Å². The minimum Gasteiger partial charge on any atom is -0.494 e. The molecule has 1 saturated heterocycles. The molecule has 4 heteroatoms. The normalized spacial score (nSPS) is 22.4. The number of ether oxygens (including phenoxy) is 2. The molecule has 0 aromatic heterocycles. The highest BCUT2D eigenvalue weighted by Crippen LogP contribution is 2.35. The van der Waals surface area contributed by atoms with Gasteiger partial charge < -0.3 is 9.47 Å². The van der Waals surface area contributed by atoms with Gasteiger partial charge in [0.15, 0.2) is 0 Å². The lowest BCUT2D eigenvalue weighted by Gasteiger charge is -2.36. The average molecular weight is 332 g/mol. The fourth-order valence-corrected chi connectivity index (χ4v) is 3.96. The molecule has 1 aromatic carbocycles. The Hall–Kier alpha value is -1.10. The van der Waals surface area contributed by atoms with Crippen LogP contribution in [0.4, 0.5) is 0 Å². The number of hydrogen-bond donors (Lipinski definition) is 0. The summed E-state index contributed by atoms with van der Waals surface area (Å²) in [6.45, 7) is 14.5. The van der Waals surface area contributed by atoms with Gasteiger partial charge in [-0.2, -0.15) is 0 Å². The molecule has 0 radical (unpaired) electrons. The Morgan fingerprint density at radius 1 is 1.17 bits per heavy atom. The zero-order valence-corrected chi connectivity index (χ0v) is 15.5. The Bertz CT molecular complexity index is 541. The summed E-state index contributed by atoms with van der Waals surface area (Å²) in [6, 6.07) is 5.22. The lowest BCUT2D eigenvalue weighted by atomic mass is 9.91. The van der Waals surface area contributed by atoms with Gasteiger partial charge in [-0.05, 0) is 50.4 Å². The summed E-state index contributed by atoms with van der Waals surface area (Å²) in [5.41, 5.74) is 4.32. The second-order valence-electron chi connectivity index (χ2n) is 6.94. The molecule has 1 unspecified atom stereocenters. The van der Waals surface area contributed by atoms with Gasteiger partial charge in [0.1, 0.15) is 5.75 Å². The van der Waals surface area contributed by atoms with Crippen molar-refractivity contribution in [3.8, 4) is 5.75 Å². The van der Waals surface area contributed by atoms with E-state index in [1.807, 2.05) is 0 Å². The van der Waals surface area contributed by atoms with Crippen LogP contribution < -0.4 is 4.74 Å². The van der Waals surface area contributed by atoms with E-state index in [0.717, 1.165) is 51.6 Å². The summed E-state index contributed by atoms with van der Waals surface area (Å²) < 4.78 is 11.5. The summed E-state index contributed by atoms with van der Waals surface area (Å²) >= 11 is 0. The number of morpholine rings is 1. The molecule has 2 heterocycles. The predicted molar refractivity (Wildman–Crippen MR) is 97.7 cm³/mol. The van der Waals surface area contributed by atoms with E-state index in [0.29, 0.717) is 6.04 Å². The molecule has 0 aliphatic carbocycles. The maximum absolute atomic E-state index is 6.01. The molecule has 1 atom stereocenters. The molecule has 1 fully saturated rings. The van der Waals surface area contributed by atoms with Gasteiger partial charge in [0.25, 0.3) is 0 Å².